The number of esters is 1. The maximum Gasteiger partial charge on any atom is 0.338 e. The fourth-order valence-electron chi connectivity index (χ4n) is 5.66. The van der Waals surface area contributed by atoms with Gasteiger partial charge in [0.05, 0.1) is 35.6 Å². The first-order chi connectivity index (χ1) is 23.7. The number of aromatic nitrogens is 1. The van der Waals surface area contributed by atoms with Crippen molar-refractivity contribution < 1.29 is 19.0 Å². The third-order valence-electron chi connectivity index (χ3n) is 8.18. The molecule has 1 aliphatic heterocycles. The zero-order valence-corrected chi connectivity index (χ0v) is 29.7. The standard InChI is InChI=1S/C39H34Cl2N2O5S/c1-5-47-38(45)34-35(26-9-7-6-8-10-26)42-39-43(36(34)27-14-12-25(13-15-27)23(2)3)37(44)33(49-39)20-24-11-18-31(32(19-24)46-4)48-22-28-16-17-29(40)21-30(28)41/h6-21,23,36H,5,22H2,1-4H3/b33-20-/t36-/m0/s1. The molecular formula is C39H34Cl2N2O5S. The SMILES string of the molecule is CCOC(=O)C1=C(c2ccccc2)N=c2s/c(=C\c3ccc(OCc4ccc(Cl)cc4Cl)c(OC)c3)c(=O)n2[C@H]1c1ccc(C(C)C)cc1. The van der Waals surface area contributed by atoms with Crippen LogP contribution in [0.25, 0.3) is 11.8 Å². The van der Waals surface area contributed by atoms with Crippen LogP contribution in [0.3, 0.4) is 0 Å². The summed E-state index contributed by atoms with van der Waals surface area (Å²) in [5.74, 6) is 0.812. The molecule has 0 bridgehead atoms. The molecule has 0 unspecified atom stereocenters. The van der Waals surface area contributed by atoms with Crippen molar-refractivity contribution in [2.24, 2.45) is 4.99 Å². The lowest BCUT2D eigenvalue weighted by Gasteiger charge is -2.26. The summed E-state index contributed by atoms with van der Waals surface area (Å²) < 4.78 is 19.3. The van der Waals surface area contributed by atoms with Crippen LogP contribution in [0.15, 0.2) is 106 Å². The number of ether oxygens (including phenoxy) is 3. The highest BCUT2D eigenvalue weighted by Crippen LogP contribution is 2.36. The Bertz CT molecular complexity index is 2220. The summed E-state index contributed by atoms with van der Waals surface area (Å²) in [7, 11) is 1.56. The first kappa shape index (κ1) is 34.2. The Balaban J connectivity index is 1.46. The largest absolute Gasteiger partial charge is 0.493 e. The summed E-state index contributed by atoms with van der Waals surface area (Å²) in [5.41, 5.74) is 4.72. The van der Waals surface area contributed by atoms with Crippen LogP contribution in [0.5, 0.6) is 11.5 Å². The minimum absolute atomic E-state index is 0.183. The maximum atomic E-state index is 14.3. The quantitative estimate of drug-likeness (QED) is 0.137. The molecule has 0 spiro atoms. The molecule has 49 heavy (non-hydrogen) atoms. The lowest BCUT2D eigenvalue weighted by Crippen LogP contribution is -2.40. The van der Waals surface area contributed by atoms with Crippen LogP contribution in [0, 0.1) is 0 Å². The summed E-state index contributed by atoms with van der Waals surface area (Å²) >= 11 is 13.6. The summed E-state index contributed by atoms with van der Waals surface area (Å²) in [5, 5.41) is 1.05. The smallest absolute Gasteiger partial charge is 0.338 e. The molecule has 0 saturated heterocycles. The average Bonchev–Trinajstić information content (AvgIpc) is 3.41. The number of carbonyl (C=O) groups excluding carboxylic acids is 1. The number of thiazole rings is 1. The van der Waals surface area contributed by atoms with Gasteiger partial charge in [-0.2, -0.15) is 0 Å². The van der Waals surface area contributed by atoms with Gasteiger partial charge >= 0.3 is 5.97 Å². The van der Waals surface area contributed by atoms with Crippen molar-refractivity contribution in [2.75, 3.05) is 13.7 Å². The van der Waals surface area contributed by atoms with Crippen molar-refractivity contribution in [3.63, 3.8) is 0 Å². The van der Waals surface area contributed by atoms with Gasteiger partial charge in [0.2, 0.25) is 0 Å². The summed E-state index contributed by atoms with van der Waals surface area (Å²) in [6.45, 7) is 6.41. The van der Waals surface area contributed by atoms with E-state index >= 15 is 0 Å². The Kier molecular flexibility index (Phi) is 10.4. The molecule has 250 valence electrons. The molecule has 7 nitrogen and oxygen atoms in total. The van der Waals surface area contributed by atoms with Crippen molar-refractivity contribution in [3.05, 3.63) is 154 Å². The van der Waals surface area contributed by atoms with E-state index in [0.29, 0.717) is 48.1 Å². The predicted molar refractivity (Wildman–Crippen MR) is 195 cm³/mol. The van der Waals surface area contributed by atoms with Gasteiger partial charge in [0, 0.05) is 21.2 Å². The summed E-state index contributed by atoms with van der Waals surface area (Å²) in [4.78, 5) is 33.5. The Labute approximate surface area is 298 Å². The van der Waals surface area contributed by atoms with Gasteiger partial charge in [-0.05, 0) is 59.9 Å². The van der Waals surface area contributed by atoms with Crippen LogP contribution in [-0.4, -0.2) is 24.3 Å². The van der Waals surface area contributed by atoms with E-state index in [1.54, 1.807) is 48.9 Å². The van der Waals surface area contributed by atoms with Crippen molar-refractivity contribution >= 4 is 52.3 Å². The number of halogens is 2. The minimum Gasteiger partial charge on any atom is -0.493 e. The van der Waals surface area contributed by atoms with Crippen molar-refractivity contribution in [1.82, 2.24) is 4.57 Å². The van der Waals surface area contributed by atoms with Gasteiger partial charge in [-0.3, -0.25) is 9.36 Å². The first-order valence-electron chi connectivity index (χ1n) is 15.8. The molecule has 5 aromatic rings. The van der Waals surface area contributed by atoms with Crippen LogP contribution in [0.4, 0.5) is 0 Å². The zero-order valence-electron chi connectivity index (χ0n) is 27.4. The number of fused-ring (bicyclic) bond motifs is 1. The number of methoxy groups -OCH3 is 1. The highest BCUT2D eigenvalue weighted by atomic mass is 35.5. The highest BCUT2D eigenvalue weighted by molar-refractivity contribution is 7.07. The highest BCUT2D eigenvalue weighted by Gasteiger charge is 2.35. The second-order valence-corrected chi connectivity index (χ2v) is 13.5. The molecule has 0 radical (unpaired) electrons. The second kappa shape index (κ2) is 14.9. The van der Waals surface area contributed by atoms with Gasteiger partial charge in [0.15, 0.2) is 16.3 Å². The molecule has 1 aromatic heterocycles. The summed E-state index contributed by atoms with van der Waals surface area (Å²) in [6.07, 6.45) is 1.79. The van der Waals surface area contributed by atoms with Crippen molar-refractivity contribution in [1.29, 1.82) is 0 Å². The third-order valence-corrected chi connectivity index (χ3v) is 9.75. The molecule has 4 aromatic carbocycles. The molecule has 0 saturated carbocycles. The predicted octanol–water partition coefficient (Wildman–Crippen LogP) is 7.95. The molecule has 2 heterocycles. The average molecular weight is 714 g/mol. The van der Waals surface area contributed by atoms with Gasteiger partial charge in [-0.1, -0.05) is 115 Å². The number of rotatable bonds is 10. The van der Waals surface area contributed by atoms with E-state index in [-0.39, 0.29) is 18.8 Å². The zero-order chi connectivity index (χ0) is 34.7. The van der Waals surface area contributed by atoms with Crippen LogP contribution in [-0.2, 0) is 16.1 Å². The fourth-order valence-corrected chi connectivity index (χ4v) is 7.12. The summed E-state index contributed by atoms with van der Waals surface area (Å²) in [6, 6.07) is 27.5. The van der Waals surface area contributed by atoms with Gasteiger partial charge in [0.25, 0.3) is 5.56 Å². The van der Waals surface area contributed by atoms with Crippen molar-refractivity contribution in [2.45, 2.75) is 39.3 Å². The van der Waals surface area contributed by atoms with Gasteiger partial charge < -0.3 is 14.2 Å². The Morgan fingerprint density at radius 1 is 0.980 bits per heavy atom. The topological polar surface area (TPSA) is 79.1 Å². The second-order valence-electron chi connectivity index (χ2n) is 11.7. The third kappa shape index (κ3) is 7.22. The molecular weight excluding hydrogens is 679 g/mol. The number of hydrogen-bond donors (Lipinski definition) is 0. The number of carbonyl (C=O) groups is 1. The molecule has 0 aliphatic carbocycles. The first-order valence-corrected chi connectivity index (χ1v) is 17.4. The molecule has 0 amide bonds. The van der Waals surface area contributed by atoms with Crippen LogP contribution >= 0.6 is 34.5 Å². The Morgan fingerprint density at radius 3 is 2.41 bits per heavy atom. The molecule has 6 rings (SSSR count). The van der Waals surface area contributed by atoms with E-state index in [9.17, 15) is 9.59 Å². The lowest BCUT2D eigenvalue weighted by molar-refractivity contribution is -0.138. The Hall–Kier alpha value is -4.63. The van der Waals surface area contributed by atoms with E-state index in [0.717, 1.165) is 27.8 Å². The van der Waals surface area contributed by atoms with Gasteiger partial charge in [-0.15, -0.1) is 0 Å². The molecule has 1 atom stereocenters. The normalized spacial score (nSPS) is 14.4. The van der Waals surface area contributed by atoms with Crippen LogP contribution in [0.2, 0.25) is 10.0 Å². The molecule has 1 aliphatic rings. The van der Waals surface area contributed by atoms with Crippen LogP contribution < -0.4 is 24.4 Å². The molecule has 0 fully saturated rings. The van der Waals surface area contributed by atoms with E-state index in [4.69, 9.17) is 42.4 Å². The monoisotopic (exact) mass is 712 g/mol. The van der Waals surface area contributed by atoms with E-state index in [2.05, 4.69) is 13.8 Å². The van der Waals surface area contributed by atoms with Gasteiger partial charge in [-0.25, -0.2) is 9.79 Å². The number of hydrogen-bond acceptors (Lipinski definition) is 7. The molecule has 10 heteroatoms. The minimum atomic E-state index is -0.751. The molecule has 0 N–H and O–H groups in total. The van der Waals surface area contributed by atoms with Crippen LogP contribution in [0.1, 0.15) is 60.5 Å². The fraction of sp³-hybridized carbons (Fsp3) is 0.205. The van der Waals surface area contributed by atoms with Gasteiger partial charge in [0.1, 0.15) is 6.61 Å². The van der Waals surface area contributed by atoms with E-state index in [1.807, 2.05) is 66.7 Å². The number of benzene rings is 4. The lowest BCUT2D eigenvalue weighted by atomic mass is 9.91. The van der Waals surface area contributed by atoms with E-state index in [1.165, 1.54) is 11.3 Å². The number of nitrogens with zero attached hydrogens (tertiary/aromatic N) is 2. The Morgan fingerprint density at radius 2 is 1.73 bits per heavy atom. The maximum absolute atomic E-state index is 14.3. The van der Waals surface area contributed by atoms with E-state index < -0.39 is 12.0 Å². The van der Waals surface area contributed by atoms with Crippen molar-refractivity contribution in [3.8, 4) is 11.5 Å².